The molecule has 1 aliphatic rings. The first kappa shape index (κ1) is 11.9. The van der Waals surface area contributed by atoms with Gasteiger partial charge in [0.15, 0.2) is 0 Å². The van der Waals surface area contributed by atoms with Crippen molar-refractivity contribution in [3.63, 3.8) is 0 Å². The topological polar surface area (TPSA) is 55.7 Å². The van der Waals surface area contributed by atoms with Gasteiger partial charge in [-0.05, 0) is 33.4 Å². The number of hydrogen-bond donors (Lipinski definition) is 3. The fourth-order valence-corrected chi connectivity index (χ4v) is 1.84. The van der Waals surface area contributed by atoms with Crippen molar-refractivity contribution in [2.45, 2.75) is 38.0 Å². The number of rotatable bonds is 4. The maximum atomic E-state index is 9.18. The van der Waals surface area contributed by atoms with Gasteiger partial charge in [0, 0.05) is 18.6 Å². The van der Waals surface area contributed by atoms with Gasteiger partial charge in [-0.15, -0.1) is 0 Å². The molecule has 1 aliphatic heterocycles. The van der Waals surface area contributed by atoms with E-state index in [0.29, 0.717) is 18.6 Å². The molecule has 4 nitrogen and oxygen atoms in total. The SMILES string of the molecule is CC1CC(NC[C@H](O)CO)CCN1C. The van der Waals surface area contributed by atoms with E-state index in [-0.39, 0.29) is 6.61 Å². The Morgan fingerprint density at radius 3 is 2.86 bits per heavy atom. The van der Waals surface area contributed by atoms with E-state index in [1.54, 1.807) is 0 Å². The summed E-state index contributed by atoms with van der Waals surface area (Å²) in [7, 11) is 2.14. The van der Waals surface area contributed by atoms with E-state index in [4.69, 9.17) is 5.11 Å². The zero-order chi connectivity index (χ0) is 10.6. The van der Waals surface area contributed by atoms with Gasteiger partial charge in [-0.2, -0.15) is 0 Å². The molecule has 0 aromatic rings. The second-order valence-electron chi connectivity index (χ2n) is 4.30. The average Bonchev–Trinajstić information content (AvgIpc) is 2.19. The third-order valence-electron chi connectivity index (χ3n) is 3.06. The van der Waals surface area contributed by atoms with Gasteiger partial charge in [0.25, 0.3) is 0 Å². The molecular formula is C10H22N2O2. The molecule has 2 unspecified atom stereocenters. The number of nitrogens with zero attached hydrogens (tertiary/aromatic N) is 1. The van der Waals surface area contributed by atoms with Crippen LogP contribution in [0.25, 0.3) is 0 Å². The fraction of sp³-hybridized carbons (Fsp3) is 1.00. The van der Waals surface area contributed by atoms with Crippen LogP contribution in [0.4, 0.5) is 0 Å². The first-order chi connectivity index (χ1) is 6.63. The largest absolute Gasteiger partial charge is 0.394 e. The minimum Gasteiger partial charge on any atom is -0.394 e. The van der Waals surface area contributed by atoms with Gasteiger partial charge in [-0.3, -0.25) is 0 Å². The maximum absolute atomic E-state index is 9.18. The highest BCUT2D eigenvalue weighted by atomic mass is 16.3. The van der Waals surface area contributed by atoms with Crippen LogP contribution in [0.1, 0.15) is 19.8 Å². The van der Waals surface area contributed by atoms with Crippen molar-refractivity contribution >= 4 is 0 Å². The number of piperidine rings is 1. The zero-order valence-electron chi connectivity index (χ0n) is 9.11. The van der Waals surface area contributed by atoms with Gasteiger partial charge in [0.05, 0.1) is 12.7 Å². The molecule has 1 rings (SSSR count). The first-order valence-electron chi connectivity index (χ1n) is 5.36. The summed E-state index contributed by atoms with van der Waals surface area (Å²) in [4.78, 5) is 2.35. The summed E-state index contributed by atoms with van der Waals surface area (Å²) in [5.74, 6) is 0. The molecule has 1 heterocycles. The molecular weight excluding hydrogens is 180 g/mol. The molecule has 0 aliphatic carbocycles. The summed E-state index contributed by atoms with van der Waals surface area (Å²) in [6.45, 7) is 3.66. The van der Waals surface area contributed by atoms with Crippen LogP contribution >= 0.6 is 0 Å². The van der Waals surface area contributed by atoms with Gasteiger partial charge in [-0.25, -0.2) is 0 Å². The Balaban J connectivity index is 2.20. The van der Waals surface area contributed by atoms with Crippen molar-refractivity contribution in [1.82, 2.24) is 10.2 Å². The Kier molecular flexibility index (Phi) is 4.81. The van der Waals surface area contributed by atoms with E-state index in [0.717, 1.165) is 19.4 Å². The van der Waals surface area contributed by atoms with Crippen LogP contribution in [0.15, 0.2) is 0 Å². The Morgan fingerprint density at radius 1 is 1.57 bits per heavy atom. The summed E-state index contributed by atoms with van der Waals surface area (Å²) < 4.78 is 0. The molecule has 3 atom stereocenters. The molecule has 4 heteroatoms. The summed E-state index contributed by atoms with van der Waals surface area (Å²) in [5, 5.41) is 21.1. The highest BCUT2D eigenvalue weighted by Crippen LogP contribution is 2.14. The van der Waals surface area contributed by atoms with Crippen LogP contribution in [0, 0.1) is 0 Å². The van der Waals surface area contributed by atoms with E-state index in [2.05, 4.69) is 24.2 Å². The van der Waals surface area contributed by atoms with Crippen molar-refractivity contribution < 1.29 is 10.2 Å². The summed E-state index contributed by atoms with van der Waals surface area (Å²) in [5.41, 5.74) is 0. The normalized spacial score (nSPS) is 31.7. The fourth-order valence-electron chi connectivity index (χ4n) is 1.84. The molecule has 3 N–H and O–H groups in total. The van der Waals surface area contributed by atoms with Gasteiger partial charge in [0.2, 0.25) is 0 Å². The Hall–Kier alpha value is -0.160. The lowest BCUT2D eigenvalue weighted by atomic mass is 9.99. The van der Waals surface area contributed by atoms with E-state index in [9.17, 15) is 5.11 Å². The van der Waals surface area contributed by atoms with Crippen LogP contribution in [0.3, 0.4) is 0 Å². The van der Waals surface area contributed by atoms with E-state index >= 15 is 0 Å². The molecule has 0 radical (unpaired) electrons. The molecule has 0 spiro atoms. The second-order valence-corrected chi connectivity index (χ2v) is 4.30. The van der Waals surface area contributed by atoms with Crippen molar-refractivity contribution in [2.24, 2.45) is 0 Å². The van der Waals surface area contributed by atoms with Gasteiger partial charge in [-0.1, -0.05) is 0 Å². The first-order valence-corrected chi connectivity index (χ1v) is 5.36. The third-order valence-corrected chi connectivity index (χ3v) is 3.06. The molecule has 1 saturated heterocycles. The van der Waals surface area contributed by atoms with Gasteiger partial charge >= 0.3 is 0 Å². The van der Waals surface area contributed by atoms with Gasteiger partial charge < -0.3 is 20.4 Å². The second kappa shape index (κ2) is 5.66. The van der Waals surface area contributed by atoms with Gasteiger partial charge in [0.1, 0.15) is 0 Å². The van der Waals surface area contributed by atoms with Crippen molar-refractivity contribution in [3.8, 4) is 0 Å². The van der Waals surface area contributed by atoms with Crippen LogP contribution in [0.2, 0.25) is 0 Å². The van der Waals surface area contributed by atoms with E-state index < -0.39 is 6.10 Å². The molecule has 84 valence electrons. The van der Waals surface area contributed by atoms with Crippen molar-refractivity contribution in [1.29, 1.82) is 0 Å². The monoisotopic (exact) mass is 202 g/mol. The lowest BCUT2D eigenvalue weighted by molar-refractivity contribution is 0.0854. The standard InChI is InChI=1S/C10H22N2O2/c1-8-5-9(3-4-12(8)2)11-6-10(14)7-13/h8-11,13-14H,3-7H2,1-2H3/t8?,9?,10-/m0/s1. The van der Waals surface area contributed by atoms with E-state index in [1.807, 2.05) is 0 Å². The lowest BCUT2D eigenvalue weighted by Crippen LogP contribution is -2.47. The van der Waals surface area contributed by atoms with Crippen LogP contribution in [-0.2, 0) is 0 Å². The summed E-state index contributed by atoms with van der Waals surface area (Å²) in [6, 6.07) is 1.09. The van der Waals surface area contributed by atoms with Crippen LogP contribution in [-0.4, -0.2) is 60.0 Å². The predicted molar refractivity (Wildman–Crippen MR) is 56.2 cm³/mol. The average molecular weight is 202 g/mol. The Morgan fingerprint density at radius 2 is 2.29 bits per heavy atom. The highest BCUT2D eigenvalue weighted by Gasteiger charge is 2.22. The van der Waals surface area contributed by atoms with Crippen molar-refractivity contribution in [3.05, 3.63) is 0 Å². The maximum Gasteiger partial charge on any atom is 0.0895 e. The highest BCUT2D eigenvalue weighted by molar-refractivity contribution is 4.81. The quantitative estimate of drug-likeness (QED) is 0.570. The number of hydrogen-bond acceptors (Lipinski definition) is 4. The third kappa shape index (κ3) is 3.53. The zero-order valence-corrected chi connectivity index (χ0v) is 9.11. The Labute approximate surface area is 85.9 Å². The van der Waals surface area contributed by atoms with Crippen LogP contribution < -0.4 is 5.32 Å². The van der Waals surface area contributed by atoms with Crippen LogP contribution in [0.5, 0.6) is 0 Å². The minimum atomic E-state index is -0.620. The molecule has 14 heavy (non-hydrogen) atoms. The lowest BCUT2D eigenvalue weighted by Gasteiger charge is -2.35. The minimum absolute atomic E-state index is 0.158. The molecule has 0 aromatic heterocycles. The molecule has 0 bridgehead atoms. The molecule has 0 amide bonds. The molecule has 0 saturated carbocycles. The number of aliphatic hydroxyl groups is 2. The number of aliphatic hydroxyl groups excluding tert-OH is 2. The molecule has 0 aromatic carbocycles. The summed E-state index contributed by atoms with van der Waals surface area (Å²) >= 11 is 0. The van der Waals surface area contributed by atoms with Crippen molar-refractivity contribution in [2.75, 3.05) is 26.7 Å². The smallest absolute Gasteiger partial charge is 0.0895 e. The van der Waals surface area contributed by atoms with E-state index in [1.165, 1.54) is 0 Å². The Bertz CT molecular complexity index is 166. The summed E-state index contributed by atoms with van der Waals surface area (Å²) in [6.07, 6.45) is 1.62. The number of nitrogens with one attached hydrogen (secondary N) is 1. The number of likely N-dealkylation sites (tertiary alicyclic amines) is 1. The predicted octanol–water partition coefficient (Wildman–Crippen LogP) is -0.588. The molecule has 1 fully saturated rings.